The quantitative estimate of drug-likeness (QED) is 0.299. The SMILES string of the molecule is COc1ccc2cc1OCCn1nc(-c3ccccc3)nc1[C@@H](C)NC(=O)CN(C(=O)c1ccc3nc(C)c(C)nc3c1)CCNC2=O. The van der Waals surface area contributed by atoms with E-state index in [9.17, 15) is 14.4 Å². The molecule has 13 nitrogen and oxygen atoms in total. The lowest BCUT2D eigenvalue weighted by Crippen LogP contribution is -2.45. The van der Waals surface area contributed by atoms with Crippen molar-refractivity contribution >= 4 is 28.8 Å². The summed E-state index contributed by atoms with van der Waals surface area (Å²) in [7, 11) is 1.53. The Morgan fingerprint density at radius 3 is 2.46 bits per heavy atom. The van der Waals surface area contributed by atoms with Gasteiger partial charge in [-0.3, -0.25) is 14.4 Å². The molecule has 3 amide bonds. The summed E-state index contributed by atoms with van der Waals surface area (Å²) < 4.78 is 13.2. The molecule has 2 bridgehead atoms. The Morgan fingerprint density at radius 2 is 1.69 bits per heavy atom. The van der Waals surface area contributed by atoms with Crippen molar-refractivity contribution in [2.24, 2.45) is 0 Å². The van der Waals surface area contributed by atoms with Gasteiger partial charge in [0.25, 0.3) is 11.8 Å². The highest BCUT2D eigenvalue weighted by Crippen LogP contribution is 2.28. The van der Waals surface area contributed by atoms with E-state index in [0.717, 1.165) is 17.0 Å². The molecule has 48 heavy (non-hydrogen) atoms. The van der Waals surface area contributed by atoms with Gasteiger partial charge in [-0.25, -0.2) is 19.6 Å². The Kier molecular flexibility index (Phi) is 9.28. The molecule has 13 heteroatoms. The lowest BCUT2D eigenvalue weighted by molar-refractivity contribution is -0.122. The molecule has 0 saturated carbocycles. The zero-order valence-electron chi connectivity index (χ0n) is 27.2. The first kappa shape index (κ1) is 32.1. The maximum atomic E-state index is 13.9. The summed E-state index contributed by atoms with van der Waals surface area (Å²) >= 11 is 0. The van der Waals surface area contributed by atoms with Crippen molar-refractivity contribution in [2.75, 3.05) is 33.4 Å². The third-order valence-electron chi connectivity index (χ3n) is 8.09. The number of aryl methyl sites for hydroxylation is 2. The number of methoxy groups -OCH3 is 1. The summed E-state index contributed by atoms with van der Waals surface area (Å²) in [6, 6.07) is 19.0. The lowest BCUT2D eigenvalue weighted by Gasteiger charge is -2.24. The smallest absolute Gasteiger partial charge is 0.254 e. The summed E-state index contributed by atoms with van der Waals surface area (Å²) in [5.74, 6) is 0.723. The lowest BCUT2D eigenvalue weighted by atomic mass is 10.1. The van der Waals surface area contributed by atoms with E-state index in [4.69, 9.17) is 19.6 Å². The number of fused-ring (bicyclic) bond motifs is 4. The van der Waals surface area contributed by atoms with Crippen LogP contribution in [0.2, 0.25) is 0 Å². The number of nitrogens with one attached hydrogen (secondary N) is 2. The molecule has 3 heterocycles. The molecule has 5 aromatic rings. The van der Waals surface area contributed by atoms with Crippen LogP contribution in [0.1, 0.15) is 50.9 Å². The van der Waals surface area contributed by atoms with Crippen molar-refractivity contribution in [2.45, 2.75) is 33.4 Å². The number of nitrogens with zero attached hydrogens (tertiary/aromatic N) is 6. The van der Waals surface area contributed by atoms with Crippen LogP contribution in [0, 0.1) is 13.8 Å². The largest absolute Gasteiger partial charge is 0.493 e. The average Bonchev–Trinajstić information content (AvgIpc) is 3.52. The molecule has 6 rings (SSSR count). The van der Waals surface area contributed by atoms with E-state index >= 15 is 0 Å². The van der Waals surface area contributed by atoms with E-state index in [0.29, 0.717) is 51.9 Å². The summed E-state index contributed by atoms with van der Waals surface area (Å²) in [5.41, 5.74) is 4.34. The van der Waals surface area contributed by atoms with Crippen molar-refractivity contribution < 1.29 is 23.9 Å². The van der Waals surface area contributed by atoms with Gasteiger partial charge in [0.15, 0.2) is 17.3 Å². The van der Waals surface area contributed by atoms with E-state index in [-0.39, 0.29) is 38.1 Å². The second-order valence-electron chi connectivity index (χ2n) is 11.5. The fourth-order valence-electron chi connectivity index (χ4n) is 5.45. The van der Waals surface area contributed by atoms with Crippen molar-refractivity contribution in [1.82, 2.24) is 40.3 Å². The highest BCUT2D eigenvalue weighted by molar-refractivity contribution is 5.99. The van der Waals surface area contributed by atoms with Gasteiger partial charge in [0.2, 0.25) is 5.91 Å². The molecule has 0 fully saturated rings. The Balaban J connectivity index is 1.33. The molecule has 1 atom stereocenters. The molecule has 1 aliphatic rings. The van der Waals surface area contributed by atoms with Crippen molar-refractivity contribution in [1.29, 1.82) is 0 Å². The van der Waals surface area contributed by atoms with Gasteiger partial charge in [-0.1, -0.05) is 30.3 Å². The standard InChI is InChI=1S/C35H36N8O5/c1-21-22(2)38-28-18-26(10-12-27(28)37-21)35(46)42-15-14-36-34(45)25-11-13-29(47-4)30(19-25)48-17-16-43-33(23(3)39-31(44)20-42)40-32(41-43)24-8-6-5-7-9-24/h5-13,18-19,23H,14-17,20H2,1-4H3,(H,36,45)(H,39,44)/t23-/m1/s1. The van der Waals surface area contributed by atoms with Gasteiger partial charge >= 0.3 is 0 Å². The topological polar surface area (TPSA) is 153 Å². The average molecular weight is 649 g/mol. The molecule has 246 valence electrons. The molecule has 0 unspecified atom stereocenters. The zero-order valence-corrected chi connectivity index (χ0v) is 27.2. The van der Waals surface area contributed by atoms with E-state index < -0.39 is 11.9 Å². The van der Waals surface area contributed by atoms with Crippen LogP contribution in [0.15, 0.2) is 66.7 Å². The highest BCUT2D eigenvalue weighted by atomic mass is 16.5. The monoisotopic (exact) mass is 648 g/mol. The molecule has 1 aliphatic heterocycles. The minimum Gasteiger partial charge on any atom is -0.493 e. The number of benzene rings is 3. The molecule has 0 saturated heterocycles. The fraction of sp³-hybridized carbons (Fsp3) is 0.286. The van der Waals surface area contributed by atoms with Gasteiger partial charge < -0.3 is 25.0 Å². The number of aromatic nitrogens is 5. The molecule has 0 aliphatic carbocycles. The van der Waals surface area contributed by atoms with Gasteiger partial charge in [-0.05, 0) is 57.2 Å². The number of rotatable bonds is 3. The minimum atomic E-state index is -0.560. The van der Waals surface area contributed by atoms with Crippen molar-refractivity contribution in [3.63, 3.8) is 0 Å². The molecule has 3 aromatic carbocycles. The summed E-state index contributed by atoms with van der Waals surface area (Å²) in [6.07, 6.45) is 0. The number of amides is 3. The van der Waals surface area contributed by atoms with Crippen LogP contribution in [0.4, 0.5) is 0 Å². The van der Waals surface area contributed by atoms with Crippen LogP contribution in [-0.2, 0) is 11.3 Å². The predicted octanol–water partition coefficient (Wildman–Crippen LogP) is 3.66. The minimum absolute atomic E-state index is 0.0663. The Bertz CT molecular complexity index is 1990. The van der Waals surface area contributed by atoms with Crippen LogP contribution in [-0.4, -0.2) is 80.7 Å². The summed E-state index contributed by atoms with van der Waals surface area (Å²) in [5, 5.41) is 10.6. The molecular formula is C35H36N8O5. The summed E-state index contributed by atoms with van der Waals surface area (Å²) in [4.78, 5) is 55.9. The fourth-order valence-corrected chi connectivity index (χ4v) is 5.45. The van der Waals surface area contributed by atoms with E-state index in [1.165, 1.54) is 12.0 Å². The van der Waals surface area contributed by atoms with E-state index in [1.807, 2.05) is 51.1 Å². The molecule has 2 aromatic heterocycles. The second kappa shape index (κ2) is 13.9. The molecular weight excluding hydrogens is 612 g/mol. The Labute approximate surface area is 277 Å². The second-order valence-corrected chi connectivity index (χ2v) is 11.5. The highest BCUT2D eigenvalue weighted by Gasteiger charge is 2.24. The Morgan fingerprint density at radius 1 is 0.917 bits per heavy atom. The maximum Gasteiger partial charge on any atom is 0.254 e. The van der Waals surface area contributed by atoms with Crippen LogP contribution in [0.25, 0.3) is 22.4 Å². The zero-order chi connectivity index (χ0) is 33.8. The van der Waals surface area contributed by atoms with Crippen LogP contribution < -0.4 is 20.1 Å². The van der Waals surface area contributed by atoms with Crippen molar-refractivity contribution in [3.05, 3.63) is 95.1 Å². The number of ether oxygens (including phenoxy) is 2. The summed E-state index contributed by atoms with van der Waals surface area (Å²) in [6.45, 7) is 5.93. The van der Waals surface area contributed by atoms with Gasteiger partial charge in [0, 0.05) is 29.8 Å². The third kappa shape index (κ3) is 6.94. The van der Waals surface area contributed by atoms with Gasteiger partial charge in [-0.15, -0.1) is 0 Å². The first-order valence-electron chi connectivity index (χ1n) is 15.6. The normalized spacial score (nSPS) is 15.9. The van der Waals surface area contributed by atoms with Gasteiger partial charge in [-0.2, -0.15) is 5.10 Å². The van der Waals surface area contributed by atoms with Crippen LogP contribution >= 0.6 is 0 Å². The maximum absolute atomic E-state index is 13.9. The third-order valence-corrected chi connectivity index (χ3v) is 8.09. The first-order chi connectivity index (χ1) is 23.2. The molecule has 2 N–H and O–H groups in total. The predicted molar refractivity (Wildman–Crippen MR) is 178 cm³/mol. The van der Waals surface area contributed by atoms with Crippen LogP contribution in [0.5, 0.6) is 11.5 Å². The van der Waals surface area contributed by atoms with Gasteiger partial charge in [0.05, 0.1) is 48.7 Å². The number of carbonyl (C=O) groups excluding carboxylic acids is 3. The molecule has 0 radical (unpaired) electrons. The number of carbonyl (C=O) groups is 3. The van der Waals surface area contributed by atoms with Crippen LogP contribution in [0.3, 0.4) is 0 Å². The van der Waals surface area contributed by atoms with Gasteiger partial charge in [0.1, 0.15) is 12.4 Å². The Hall–Kier alpha value is -5.85. The first-order valence-corrected chi connectivity index (χ1v) is 15.6. The van der Waals surface area contributed by atoms with E-state index in [2.05, 4.69) is 20.6 Å². The van der Waals surface area contributed by atoms with E-state index in [1.54, 1.807) is 41.1 Å². The number of hydrogen-bond acceptors (Lipinski definition) is 9. The van der Waals surface area contributed by atoms with Crippen molar-refractivity contribution in [3.8, 4) is 22.9 Å². The number of hydrogen-bond donors (Lipinski definition) is 2. The molecule has 0 spiro atoms.